The van der Waals surface area contributed by atoms with Crippen LogP contribution in [0.1, 0.15) is 45.7 Å². The van der Waals surface area contributed by atoms with Gasteiger partial charge in [-0.05, 0) is 65.6 Å². The second-order valence-electron chi connectivity index (χ2n) is 9.76. The van der Waals surface area contributed by atoms with Crippen molar-refractivity contribution in [3.63, 3.8) is 0 Å². The Kier molecular flexibility index (Phi) is 9.44. The molecule has 200 valence electrons. The van der Waals surface area contributed by atoms with E-state index < -0.39 is 18.2 Å². The number of carboxylic acids is 1. The highest BCUT2D eigenvalue weighted by Gasteiger charge is 2.19. The van der Waals surface area contributed by atoms with Crippen LogP contribution >= 0.6 is 35.0 Å². The molecule has 0 aliphatic rings. The molecule has 0 spiro atoms. The van der Waals surface area contributed by atoms with Crippen LogP contribution in [0.4, 0.5) is 5.69 Å². The Morgan fingerprint density at radius 1 is 1.11 bits per heavy atom. The van der Waals surface area contributed by atoms with Gasteiger partial charge in [0.05, 0.1) is 27.2 Å². The summed E-state index contributed by atoms with van der Waals surface area (Å²) in [6, 6.07) is 10.7. The fourth-order valence-corrected chi connectivity index (χ4v) is 4.25. The number of nitrogens with one attached hydrogen (secondary N) is 1. The molecule has 0 aliphatic heterocycles. The van der Waals surface area contributed by atoms with Crippen LogP contribution in [-0.2, 0) is 19.7 Å². The molecule has 1 heterocycles. The molecule has 0 saturated carbocycles. The summed E-state index contributed by atoms with van der Waals surface area (Å²) in [5, 5.41) is 24.5. The predicted molar refractivity (Wildman–Crippen MR) is 148 cm³/mol. The summed E-state index contributed by atoms with van der Waals surface area (Å²) < 4.78 is 6.74. The van der Waals surface area contributed by atoms with E-state index in [1.807, 2.05) is 18.2 Å². The van der Waals surface area contributed by atoms with Crippen molar-refractivity contribution in [3.05, 3.63) is 57.6 Å². The van der Waals surface area contributed by atoms with Gasteiger partial charge in [0.1, 0.15) is 12.2 Å². The summed E-state index contributed by atoms with van der Waals surface area (Å²) in [5.41, 5.74) is 1.69. The Bertz CT molecular complexity index is 1410. The van der Waals surface area contributed by atoms with E-state index in [9.17, 15) is 9.59 Å². The van der Waals surface area contributed by atoms with Gasteiger partial charge in [-0.2, -0.15) is 4.68 Å². The fraction of sp³-hybridized carbons (Fsp3) is 0.346. The molecule has 0 saturated heterocycles. The molecule has 1 aromatic heterocycles. The Hall–Kier alpha value is -3.10. The number of tetrazole rings is 1. The highest BCUT2D eigenvalue weighted by molar-refractivity contribution is 7.99. The summed E-state index contributed by atoms with van der Waals surface area (Å²) in [7, 11) is 0. The lowest BCUT2D eigenvalue weighted by Gasteiger charge is -2.20. The van der Waals surface area contributed by atoms with Gasteiger partial charge in [-0.1, -0.05) is 73.6 Å². The normalized spacial score (nSPS) is 11.6. The lowest BCUT2D eigenvalue weighted by Crippen LogP contribution is -2.25. The van der Waals surface area contributed by atoms with Gasteiger partial charge in [0.25, 0.3) is 0 Å². The lowest BCUT2D eigenvalue weighted by molar-refractivity contribution is -0.145. The van der Waals surface area contributed by atoms with Crippen LogP contribution in [0.5, 0.6) is 0 Å². The van der Waals surface area contributed by atoms with Crippen molar-refractivity contribution in [3.8, 4) is 17.5 Å². The maximum absolute atomic E-state index is 12.6. The molecule has 0 atom stereocenters. The monoisotopic (exact) mass is 575 g/mol. The van der Waals surface area contributed by atoms with Crippen LogP contribution in [0.2, 0.25) is 10.0 Å². The number of carbonyl (C=O) groups excluding carboxylic acids is 1. The number of thioether (sulfide) groups is 1. The van der Waals surface area contributed by atoms with E-state index in [2.05, 4.69) is 53.5 Å². The predicted octanol–water partition coefficient (Wildman–Crippen LogP) is 5.23. The first-order chi connectivity index (χ1) is 17.7. The van der Waals surface area contributed by atoms with Crippen molar-refractivity contribution in [1.29, 1.82) is 0 Å². The number of halogens is 2. The van der Waals surface area contributed by atoms with Crippen LogP contribution in [0.15, 0.2) is 41.6 Å². The molecule has 3 aromatic rings. The molecule has 0 bridgehead atoms. The number of amides is 1. The number of nitrogens with zero attached hydrogens (tertiary/aromatic N) is 4. The molecular formula is C26H27Cl2N5O4S. The number of carbonyl (C=O) groups is 2. The third kappa shape index (κ3) is 8.20. The number of rotatable bonds is 8. The smallest absolute Gasteiger partial charge is 0.329 e. The summed E-state index contributed by atoms with van der Waals surface area (Å²) in [4.78, 5) is 23.3. The SMILES string of the molecule is CC(C)(C#Cc1ccc(NC(=O)CSc2nnnn2-c2ccc(C(C)(C)C)cc2Cl)c(Cl)c1)OCC(=O)O. The molecule has 0 aliphatic carbocycles. The first kappa shape index (κ1) is 29.5. The maximum Gasteiger partial charge on any atom is 0.329 e. The third-order valence-electron chi connectivity index (χ3n) is 5.12. The number of benzene rings is 2. The van der Waals surface area contributed by atoms with E-state index >= 15 is 0 Å². The van der Waals surface area contributed by atoms with Crippen molar-refractivity contribution < 1.29 is 19.4 Å². The number of aromatic nitrogens is 4. The number of aliphatic carboxylic acids is 1. The van der Waals surface area contributed by atoms with Gasteiger partial charge < -0.3 is 15.2 Å². The van der Waals surface area contributed by atoms with Gasteiger partial charge in [-0.25, -0.2) is 4.79 Å². The molecule has 2 N–H and O–H groups in total. The number of ether oxygens (including phenoxy) is 1. The van der Waals surface area contributed by atoms with Crippen molar-refractivity contribution in [2.75, 3.05) is 17.7 Å². The molecule has 38 heavy (non-hydrogen) atoms. The van der Waals surface area contributed by atoms with E-state index in [0.717, 1.165) is 17.3 Å². The van der Waals surface area contributed by atoms with Crippen LogP contribution < -0.4 is 5.32 Å². The Morgan fingerprint density at radius 3 is 2.47 bits per heavy atom. The number of hydrogen-bond donors (Lipinski definition) is 2. The molecule has 1 amide bonds. The zero-order valence-corrected chi connectivity index (χ0v) is 23.8. The summed E-state index contributed by atoms with van der Waals surface area (Å²) >= 11 is 14.0. The maximum atomic E-state index is 12.6. The molecule has 9 nitrogen and oxygen atoms in total. The van der Waals surface area contributed by atoms with E-state index in [1.54, 1.807) is 32.0 Å². The first-order valence-corrected chi connectivity index (χ1v) is 13.2. The second kappa shape index (κ2) is 12.2. The number of carboxylic acid groups (broad SMARTS) is 1. The Balaban J connectivity index is 1.63. The second-order valence-corrected chi connectivity index (χ2v) is 11.5. The highest BCUT2D eigenvalue weighted by Crippen LogP contribution is 2.30. The van der Waals surface area contributed by atoms with Crippen LogP contribution in [-0.4, -0.2) is 55.2 Å². The van der Waals surface area contributed by atoms with Crippen molar-refractivity contribution >= 4 is 52.5 Å². The van der Waals surface area contributed by atoms with Gasteiger partial charge in [0, 0.05) is 5.56 Å². The summed E-state index contributed by atoms with van der Waals surface area (Å²) in [5.74, 6) is 4.44. The van der Waals surface area contributed by atoms with E-state index in [1.165, 1.54) is 4.68 Å². The number of hydrogen-bond acceptors (Lipinski definition) is 7. The standard InChI is InChI=1S/C26H27Cl2N5O4S/c1-25(2,3)17-7-9-21(19(28)13-17)33-24(30-31-32-33)38-15-22(34)29-20-8-6-16(12-18(20)27)10-11-26(4,5)37-14-23(35)36/h6-9,12-13H,14-15H2,1-5H3,(H,29,34)(H,35,36). The average molecular weight is 577 g/mol. The molecule has 0 unspecified atom stereocenters. The van der Waals surface area contributed by atoms with Crippen LogP contribution in [0, 0.1) is 11.8 Å². The minimum absolute atomic E-state index is 0.0328. The first-order valence-electron chi connectivity index (χ1n) is 11.4. The van der Waals surface area contributed by atoms with Crippen LogP contribution in [0.3, 0.4) is 0 Å². The summed E-state index contributed by atoms with van der Waals surface area (Å²) in [6.07, 6.45) is 0. The molecule has 2 aromatic carbocycles. The Morgan fingerprint density at radius 2 is 1.84 bits per heavy atom. The van der Waals surface area contributed by atoms with Crippen LogP contribution in [0.25, 0.3) is 5.69 Å². The quantitative estimate of drug-likeness (QED) is 0.277. The fourth-order valence-electron chi connectivity index (χ4n) is 3.08. The summed E-state index contributed by atoms with van der Waals surface area (Å²) in [6.45, 7) is 9.19. The lowest BCUT2D eigenvalue weighted by atomic mass is 9.87. The van der Waals surface area contributed by atoms with Gasteiger partial charge in [0.15, 0.2) is 0 Å². The zero-order chi connectivity index (χ0) is 28.1. The zero-order valence-electron chi connectivity index (χ0n) is 21.5. The average Bonchev–Trinajstić information content (AvgIpc) is 3.29. The molecule has 0 fully saturated rings. The van der Waals surface area contributed by atoms with Gasteiger partial charge >= 0.3 is 5.97 Å². The van der Waals surface area contributed by atoms with Crippen molar-refractivity contribution in [2.45, 2.75) is 50.8 Å². The highest BCUT2D eigenvalue weighted by atomic mass is 35.5. The number of anilines is 1. The van der Waals surface area contributed by atoms with Gasteiger partial charge in [-0.3, -0.25) is 4.79 Å². The van der Waals surface area contributed by atoms with E-state index in [0.29, 0.717) is 32.1 Å². The van der Waals surface area contributed by atoms with Gasteiger partial charge in [0.2, 0.25) is 11.1 Å². The third-order valence-corrected chi connectivity index (χ3v) is 6.66. The van der Waals surface area contributed by atoms with E-state index in [4.69, 9.17) is 33.0 Å². The molecule has 0 radical (unpaired) electrons. The van der Waals surface area contributed by atoms with Gasteiger partial charge in [-0.15, -0.1) is 5.10 Å². The molecular weight excluding hydrogens is 549 g/mol. The van der Waals surface area contributed by atoms with E-state index in [-0.39, 0.29) is 17.1 Å². The largest absolute Gasteiger partial charge is 0.480 e. The minimum atomic E-state index is -1.07. The molecule has 3 rings (SSSR count). The molecule has 12 heteroatoms. The van der Waals surface area contributed by atoms with Crippen molar-refractivity contribution in [1.82, 2.24) is 20.2 Å². The van der Waals surface area contributed by atoms with Crippen molar-refractivity contribution in [2.24, 2.45) is 0 Å². The topological polar surface area (TPSA) is 119 Å². The minimum Gasteiger partial charge on any atom is -0.480 e. The Labute approximate surface area is 235 Å².